The first-order valence-electron chi connectivity index (χ1n) is 6.41. The summed E-state index contributed by atoms with van der Waals surface area (Å²) in [5.74, 6) is 0. The third-order valence-electron chi connectivity index (χ3n) is 0.940. The number of hydrogen-bond donors (Lipinski definition) is 0. The number of aryl methyl sites for hydroxylation is 1. The molecule has 0 heterocycles. The highest BCUT2D eigenvalue weighted by atomic mass is 14.0. The van der Waals surface area contributed by atoms with Crippen molar-refractivity contribution in [3.8, 4) is 0 Å². The van der Waals surface area contributed by atoms with Gasteiger partial charge < -0.3 is 0 Å². The molecule has 0 radical (unpaired) electrons. The Kier molecular flexibility index (Phi) is 9.11. The zero-order valence-corrected chi connectivity index (χ0v) is 13.4. The molecule has 0 aliphatic heterocycles. The van der Waals surface area contributed by atoms with E-state index in [1.165, 1.54) is 5.56 Å². The van der Waals surface area contributed by atoms with Crippen LogP contribution in [0.15, 0.2) is 30.3 Å². The van der Waals surface area contributed by atoms with Gasteiger partial charge in [-0.25, -0.2) is 0 Å². The predicted molar refractivity (Wildman–Crippen MR) is 81.4 cm³/mol. The summed E-state index contributed by atoms with van der Waals surface area (Å²) in [5.41, 5.74) is 2.32. The van der Waals surface area contributed by atoms with Gasteiger partial charge in [-0.05, 0) is 17.8 Å². The largest absolute Gasteiger partial charge is 0.0622 e. The van der Waals surface area contributed by atoms with Gasteiger partial charge in [0.05, 0.1) is 0 Å². The van der Waals surface area contributed by atoms with E-state index in [1.54, 1.807) is 0 Å². The Morgan fingerprint density at radius 3 is 0.941 bits per heavy atom. The summed E-state index contributed by atoms with van der Waals surface area (Å²) < 4.78 is 0. The van der Waals surface area contributed by atoms with E-state index in [0.29, 0.717) is 10.8 Å². The van der Waals surface area contributed by atoms with E-state index in [2.05, 4.69) is 74.4 Å². The van der Waals surface area contributed by atoms with Crippen molar-refractivity contribution < 1.29 is 0 Å². The molecule has 0 amide bonds. The van der Waals surface area contributed by atoms with Crippen molar-refractivity contribution in [1.29, 1.82) is 0 Å². The van der Waals surface area contributed by atoms with E-state index in [0.717, 1.165) is 0 Å². The van der Waals surface area contributed by atoms with Crippen molar-refractivity contribution in [2.75, 3.05) is 0 Å². The molecule has 1 rings (SSSR count). The maximum absolute atomic E-state index is 2.19. The number of hydrogen-bond acceptors (Lipinski definition) is 0. The zero-order valence-electron chi connectivity index (χ0n) is 13.4. The molecule has 0 saturated carbocycles. The van der Waals surface area contributed by atoms with Gasteiger partial charge in [-0.3, -0.25) is 0 Å². The van der Waals surface area contributed by atoms with E-state index < -0.39 is 0 Å². The van der Waals surface area contributed by atoms with Gasteiger partial charge in [0, 0.05) is 0 Å². The van der Waals surface area contributed by atoms with Crippen LogP contribution >= 0.6 is 0 Å². The molecule has 0 bridgehead atoms. The van der Waals surface area contributed by atoms with Gasteiger partial charge in [0.2, 0.25) is 0 Å². The second kappa shape index (κ2) is 8.33. The van der Waals surface area contributed by atoms with Gasteiger partial charge in [-0.1, -0.05) is 91.3 Å². The maximum atomic E-state index is 2.19. The lowest BCUT2D eigenvalue weighted by Gasteiger charge is -2.05. The van der Waals surface area contributed by atoms with Crippen LogP contribution in [-0.2, 0) is 0 Å². The van der Waals surface area contributed by atoms with Crippen molar-refractivity contribution >= 4 is 0 Å². The molecule has 0 nitrogen and oxygen atoms in total. The van der Waals surface area contributed by atoms with Crippen LogP contribution in [-0.4, -0.2) is 0 Å². The van der Waals surface area contributed by atoms with Crippen LogP contribution in [0.2, 0.25) is 0 Å². The fourth-order valence-corrected chi connectivity index (χ4v) is 0.534. The van der Waals surface area contributed by atoms with E-state index in [1.807, 2.05) is 18.2 Å². The third kappa shape index (κ3) is 51.0. The lowest BCUT2D eigenvalue weighted by Crippen LogP contribution is -1.93. The molecular formula is C17H32. The summed E-state index contributed by atoms with van der Waals surface area (Å²) in [6, 6.07) is 10.3. The highest BCUT2D eigenvalue weighted by Gasteiger charge is 1.96. The zero-order chi connectivity index (χ0) is 14.1. The minimum absolute atomic E-state index is 0.500. The molecule has 0 N–H and O–H groups in total. The summed E-state index contributed by atoms with van der Waals surface area (Å²) >= 11 is 0. The average Bonchev–Trinajstić information content (AvgIpc) is 1.98. The topological polar surface area (TPSA) is 0 Å². The normalized spacial score (nSPS) is 10.6. The van der Waals surface area contributed by atoms with Crippen LogP contribution in [0.25, 0.3) is 0 Å². The Labute approximate surface area is 109 Å². The van der Waals surface area contributed by atoms with Gasteiger partial charge in [-0.15, -0.1) is 0 Å². The molecule has 0 aliphatic carbocycles. The molecule has 1 aromatic rings. The minimum Gasteiger partial charge on any atom is -0.0622 e. The highest BCUT2D eigenvalue weighted by Crippen LogP contribution is 2.08. The van der Waals surface area contributed by atoms with Crippen molar-refractivity contribution in [3.05, 3.63) is 35.9 Å². The fourth-order valence-electron chi connectivity index (χ4n) is 0.534. The lowest BCUT2D eigenvalue weighted by atomic mass is 10.0. The molecule has 1 aromatic carbocycles. The summed E-state index contributed by atoms with van der Waals surface area (Å²) in [6.07, 6.45) is 0. The Morgan fingerprint density at radius 1 is 0.588 bits per heavy atom. The van der Waals surface area contributed by atoms with Crippen molar-refractivity contribution in [3.63, 3.8) is 0 Å². The average molecular weight is 236 g/mol. The molecule has 0 spiro atoms. The third-order valence-corrected chi connectivity index (χ3v) is 0.940. The number of benzene rings is 1. The molecule has 0 atom stereocenters. The second-order valence-electron chi connectivity index (χ2n) is 7.65. The van der Waals surface area contributed by atoms with Gasteiger partial charge in [-0.2, -0.15) is 0 Å². The van der Waals surface area contributed by atoms with Gasteiger partial charge in [0.25, 0.3) is 0 Å². The Hall–Kier alpha value is -0.780. The second-order valence-corrected chi connectivity index (χ2v) is 7.65. The Balaban J connectivity index is 0. The van der Waals surface area contributed by atoms with E-state index >= 15 is 0 Å². The van der Waals surface area contributed by atoms with Gasteiger partial charge >= 0.3 is 0 Å². The smallest absolute Gasteiger partial charge is 0.0398 e. The SMILES string of the molecule is CC(C)(C)C.CC(C)(C)C.Cc1ccccc1. The first kappa shape index (κ1) is 18.6. The summed E-state index contributed by atoms with van der Waals surface area (Å²) in [6.45, 7) is 19.6. The fraction of sp³-hybridized carbons (Fsp3) is 0.647. The molecule has 0 fully saturated rings. The molecular weight excluding hydrogens is 204 g/mol. The molecule has 0 unspecified atom stereocenters. The van der Waals surface area contributed by atoms with E-state index in [4.69, 9.17) is 0 Å². The Morgan fingerprint density at radius 2 is 0.824 bits per heavy atom. The molecule has 0 heteroatoms. The Bertz CT molecular complexity index is 232. The van der Waals surface area contributed by atoms with Gasteiger partial charge in [0.15, 0.2) is 0 Å². The van der Waals surface area contributed by atoms with Crippen molar-refractivity contribution in [2.24, 2.45) is 10.8 Å². The first-order valence-corrected chi connectivity index (χ1v) is 6.41. The van der Waals surface area contributed by atoms with Crippen molar-refractivity contribution in [2.45, 2.75) is 62.3 Å². The highest BCUT2D eigenvalue weighted by molar-refractivity contribution is 5.11. The number of rotatable bonds is 0. The van der Waals surface area contributed by atoms with Crippen molar-refractivity contribution in [1.82, 2.24) is 0 Å². The van der Waals surface area contributed by atoms with Gasteiger partial charge in [0.1, 0.15) is 0 Å². The summed E-state index contributed by atoms with van der Waals surface area (Å²) in [5, 5.41) is 0. The first-order chi connectivity index (χ1) is 7.39. The molecule has 0 aliphatic rings. The van der Waals surface area contributed by atoms with Crippen LogP contribution in [0.5, 0.6) is 0 Å². The molecule has 0 aromatic heterocycles. The standard InChI is InChI=1S/C7H8.2C5H12/c1-7-5-3-2-4-6-7;2*1-5(2,3)4/h2-6H,1H3;2*1-4H3. The summed E-state index contributed by atoms with van der Waals surface area (Å²) in [4.78, 5) is 0. The van der Waals surface area contributed by atoms with Crippen LogP contribution in [0.1, 0.15) is 61.0 Å². The monoisotopic (exact) mass is 236 g/mol. The summed E-state index contributed by atoms with van der Waals surface area (Å²) in [7, 11) is 0. The molecule has 17 heavy (non-hydrogen) atoms. The minimum atomic E-state index is 0.500. The molecule has 0 saturated heterocycles. The predicted octanol–water partition coefficient (Wildman–Crippen LogP) is 6.10. The van der Waals surface area contributed by atoms with E-state index in [-0.39, 0.29) is 0 Å². The maximum Gasteiger partial charge on any atom is -0.0398 e. The quantitative estimate of drug-likeness (QED) is 0.510. The van der Waals surface area contributed by atoms with Crippen LogP contribution < -0.4 is 0 Å². The van der Waals surface area contributed by atoms with E-state index in [9.17, 15) is 0 Å². The van der Waals surface area contributed by atoms with Crippen LogP contribution in [0.4, 0.5) is 0 Å². The van der Waals surface area contributed by atoms with Crippen LogP contribution in [0, 0.1) is 17.8 Å². The molecule has 100 valence electrons. The lowest BCUT2D eigenvalue weighted by molar-refractivity contribution is 0.469. The van der Waals surface area contributed by atoms with Crippen LogP contribution in [0.3, 0.4) is 0 Å².